The lowest BCUT2D eigenvalue weighted by molar-refractivity contribution is -0.246. The number of ether oxygens (including phenoxy) is 2. The predicted octanol–water partition coefficient (Wildman–Crippen LogP) is 1.83. The molecule has 0 aromatic rings. The Bertz CT molecular complexity index is 570. The van der Waals surface area contributed by atoms with Gasteiger partial charge >= 0.3 is 11.9 Å². The number of esters is 2. The molecule has 0 aromatic carbocycles. The van der Waals surface area contributed by atoms with Gasteiger partial charge in [0.25, 0.3) is 5.79 Å². The second kappa shape index (κ2) is 3.02. The van der Waals surface area contributed by atoms with E-state index in [0.717, 1.165) is 35.5 Å². The highest BCUT2D eigenvalue weighted by Gasteiger charge is 2.82. The van der Waals surface area contributed by atoms with Crippen molar-refractivity contribution in [3.8, 4) is 0 Å². The summed E-state index contributed by atoms with van der Waals surface area (Å²) in [5, 5.41) is 0. The van der Waals surface area contributed by atoms with Crippen LogP contribution >= 0.6 is 0 Å². The molecule has 112 valence electrons. The van der Waals surface area contributed by atoms with Crippen LogP contribution in [0.2, 0.25) is 0 Å². The Kier molecular flexibility index (Phi) is 1.65. The van der Waals surface area contributed by atoms with Crippen molar-refractivity contribution in [3.63, 3.8) is 0 Å². The normalized spacial score (nSPS) is 61.1. The first-order valence-corrected chi connectivity index (χ1v) is 8.44. The Balaban J connectivity index is 1.41. The third-order valence-corrected chi connectivity index (χ3v) is 7.97. The average Bonchev–Trinajstić information content (AvgIpc) is 2.85. The van der Waals surface area contributed by atoms with Crippen LogP contribution in [0.4, 0.5) is 0 Å². The molecule has 0 aromatic heterocycles. The molecule has 1 saturated heterocycles. The summed E-state index contributed by atoms with van der Waals surface area (Å²) in [5.41, 5.74) is 0. The van der Waals surface area contributed by atoms with E-state index in [1.165, 1.54) is 12.8 Å². The maximum atomic E-state index is 12.5. The van der Waals surface area contributed by atoms with Crippen molar-refractivity contribution in [1.29, 1.82) is 0 Å². The zero-order valence-corrected chi connectivity index (χ0v) is 12.3. The third kappa shape index (κ3) is 1.02. The van der Waals surface area contributed by atoms with Crippen LogP contribution in [0.25, 0.3) is 0 Å². The summed E-state index contributed by atoms with van der Waals surface area (Å²) in [7, 11) is 0. The molecule has 4 nitrogen and oxygen atoms in total. The molecule has 0 spiro atoms. The molecule has 6 aliphatic rings. The Labute approximate surface area is 123 Å². The molecule has 1 heterocycles. The number of fused-ring (bicyclic) bond motifs is 2. The van der Waals surface area contributed by atoms with Crippen LogP contribution < -0.4 is 0 Å². The number of cyclic esters (lactones) is 2. The van der Waals surface area contributed by atoms with E-state index in [0.29, 0.717) is 11.8 Å². The molecule has 0 radical (unpaired) electrons. The van der Waals surface area contributed by atoms with Crippen LogP contribution in [-0.2, 0) is 19.1 Å². The van der Waals surface area contributed by atoms with Gasteiger partial charge in [-0.15, -0.1) is 0 Å². The topological polar surface area (TPSA) is 52.6 Å². The molecule has 0 N–H and O–H groups in total. The van der Waals surface area contributed by atoms with Crippen molar-refractivity contribution >= 4 is 11.9 Å². The Hall–Kier alpha value is -1.06. The minimum Gasteiger partial charge on any atom is -0.422 e. The van der Waals surface area contributed by atoms with Gasteiger partial charge in [0, 0.05) is 13.8 Å². The van der Waals surface area contributed by atoms with Gasteiger partial charge in [-0.3, -0.25) is 9.59 Å². The van der Waals surface area contributed by atoms with E-state index in [2.05, 4.69) is 0 Å². The van der Waals surface area contributed by atoms with Crippen LogP contribution in [-0.4, -0.2) is 17.7 Å². The molecule has 0 unspecified atom stereocenters. The van der Waals surface area contributed by atoms with E-state index in [1.807, 2.05) is 0 Å². The van der Waals surface area contributed by atoms with E-state index >= 15 is 0 Å². The molecule has 21 heavy (non-hydrogen) atoms. The lowest BCUT2D eigenvalue weighted by atomic mass is 9.55. The van der Waals surface area contributed by atoms with Gasteiger partial charge < -0.3 is 9.47 Å². The summed E-state index contributed by atoms with van der Waals surface area (Å²) in [6.45, 7) is 3.28. The lowest BCUT2D eigenvalue weighted by Crippen LogP contribution is -2.54. The van der Waals surface area contributed by atoms with Gasteiger partial charge in [-0.2, -0.15) is 0 Å². The van der Waals surface area contributed by atoms with Crippen molar-refractivity contribution in [3.05, 3.63) is 0 Å². The largest absolute Gasteiger partial charge is 0.422 e. The molecule has 2 bridgehead atoms. The van der Waals surface area contributed by atoms with Crippen LogP contribution in [0, 0.1) is 59.2 Å². The molecule has 6 fully saturated rings. The molecule has 4 heteroatoms. The van der Waals surface area contributed by atoms with Crippen LogP contribution in [0.1, 0.15) is 26.7 Å². The molecule has 1 aliphatic heterocycles. The smallest absolute Gasteiger partial charge is 0.323 e. The van der Waals surface area contributed by atoms with Crippen molar-refractivity contribution < 1.29 is 19.1 Å². The van der Waals surface area contributed by atoms with Crippen LogP contribution in [0.5, 0.6) is 0 Å². The minimum atomic E-state index is -1.09. The highest BCUT2D eigenvalue weighted by atomic mass is 16.7. The van der Waals surface area contributed by atoms with Gasteiger partial charge in [-0.25, -0.2) is 0 Å². The first-order valence-electron chi connectivity index (χ1n) is 8.44. The quantitative estimate of drug-likeness (QED) is 0.545. The number of hydrogen-bond acceptors (Lipinski definition) is 4. The van der Waals surface area contributed by atoms with Crippen molar-refractivity contribution in [1.82, 2.24) is 0 Å². The summed E-state index contributed by atoms with van der Waals surface area (Å²) in [6, 6.07) is 0. The average molecular weight is 288 g/mol. The van der Waals surface area contributed by atoms with Crippen LogP contribution in [0.15, 0.2) is 0 Å². The number of rotatable bonds is 1. The fourth-order valence-corrected chi connectivity index (χ4v) is 8.04. The zero-order valence-electron chi connectivity index (χ0n) is 12.3. The summed E-state index contributed by atoms with van der Waals surface area (Å²) in [6.07, 6.45) is 2.74. The summed E-state index contributed by atoms with van der Waals surface area (Å²) in [4.78, 5) is 25.0. The highest BCUT2D eigenvalue weighted by molar-refractivity contribution is 5.97. The second-order valence-corrected chi connectivity index (χ2v) is 8.73. The number of carbonyl (C=O) groups is 2. The number of hydrogen-bond donors (Lipinski definition) is 0. The van der Waals surface area contributed by atoms with Gasteiger partial charge in [0.2, 0.25) is 0 Å². The Morgan fingerprint density at radius 3 is 1.81 bits per heavy atom. The highest BCUT2D eigenvalue weighted by Crippen LogP contribution is 2.85. The van der Waals surface area contributed by atoms with Gasteiger partial charge in [0.05, 0.1) is 0 Å². The molecular formula is C17H20O4. The fraction of sp³-hybridized carbons (Fsp3) is 0.882. The predicted molar refractivity (Wildman–Crippen MR) is 70.4 cm³/mol. The lowest BCUT2D eigenvalue weighted by Gasteiger charge is -2.49. The molecule has 5 saturated carbocycles. The molecule has 5 aliphatic carbocycles. The monoisotopic (exact) mass is 288 g/mol. The van der Waals surface area contributed by atoms with E-state index in [-0.39, 0.29) is 17.9 Å². The van der Waals surface area contributed by atoms with Gasteiger partial charge in [0.1, 0.15) is 0 Å². The van der Waals surface area contributed by atoms with Crippen molar-refractivity contribution in [2.24, 2.45) is 59.2 Å². The summed E-state index contributed by atoms with van der Waals surface area (Å²) >= 11 is 0. The van der Waals surface area contributed by atoms with Crippen molar-refractivity contribution in [2.75, 3.05) is 0 Å². The molecule has 0 amide bonds. The summed E-state index contributed by atoms with van der Waals surface area (Å²) in [5.74, 6) is 4.14. The minimum absolute atomic E-state index is 0.226. The first kappa shape index (κ1) is 11.5. The van der Waals surface area contributed by atoms with Gasteiger partial charge in [-0.1, -0.05) is 0 Å². The van der Waals surface area contributed by atoms with E-state index in [4.69, 9.17) is 9.47 Å². The molecule has 6 rings (SSSR count). The maximum Gasteiger partial charge on any atom is 0.323 e. The second-order valence-electron chi connectivity index (χ2n) is 8.73. The first-order chi connectivity index (χ1) is 9.98. The Morgan fingerprint density at radius 1 is 0.762 bits per heavy atom. The zero-order chi connectivity index (χ0) is 14.3. The third-order valence-electron chi connectivity index (χ3n) is 7.97. The van der Waals surface area contributed by atoms with Gasteiger partial charge in [-0.05, 0) is 66.1 Å². The van der Waals surface area contributed by atoms with Crippen molar-refractivity contribution in [2.45, 2.75) is 32.5 Å². The SMILES string of the molecule is CC1(C)OC(=O)C([C@@H]2[C@@H]3[C@@H]4C[C@H]5[C@H]6[C@H]4C[C@H]3[C@H]6[C@H]52)C(=O)O1. The van der Waals surface area contributed by atoms with E-state index < -0.39 is 11.7 Å². The van der Waals surface area contributed by atoms with E-state index in [1.54, 1.807) is 13.8 Å². The van der Waals surface area contributed by atoms with Crippen LogP contribution in [0.3, 0.4) is 0 Å². The maximum absolute atomic E-state index is 12.5. The standard InChI is InChI=1S/C17H20O4/c1-17(2)20-15(18)14(16(19)21-17)13-10-6-4-7-9-5(6)3-8(10)11(9)12(7)13/h5-14H,3-4H2,1-2H3/t5-,6+,7-,8+,9+,10+,11+,12-,13+/m0/s1. The summed E-state index contributed by atoms with van der Waals surface area (Å²) < 4.78 is 10.8. The fourth-order valence-electron chi connectivity index (χ4n) is 8.04. The molecule has 9 atom stereocenters. The molecular weight excluding hydrogens is 268 g/mol. The van der Waals surface area contributed by atoms with Gasteiger partial charge in [0.15, 0.2) is 5.92 Å². The Morgan fingerprint density at radius 2 is 1.24 bits per heavy atom. The number of carbonyl (C=O) groups excluding carboxylic acids is 2. The van der Waals surface area contributed by atoms with E-state index in [9.17, 15) is 9.59 Å².